The van der Waals surface area contributed by atoms with Crippen molar-refractivity contribution >= 4 is 11.6 Å². The van der Waals surface area contributed by atoms with Gasteiger partial charge in [0.25, 0.3) is 0 Å². The summed E-state index contributed by atoms with van der Waals surface area (Å²) >= 11 is 0. The lowest BCUT2D eigenvalue weighted by molar-refractivity contribution is -0.118. The first kappa shape index (κ1) is 13.7. The summed E-state index contributed by atoms with van der Waals surface area (Å²) in [6.45, 7) is 2.87. The van der Waals surface area contributed by atoms with Gasteiger partial charge in [-0.05, 0) is 49.1 Å². The van der Waals surface area contributed by atoms with Gasteiger partial charge in [-0.1, -0.05) is 29.8 Å². The van der Waals surface area contributed by atoms with E-state index in [0.717, 1.165) is 30.6 Å². The van der Waals surface area contributed by atoms with Crippen LogP contribution in [0.2, 0.25) is 0 Å². The van der Waals surface area contributed by atoms with Gasteiger partial charge in [0.05, 0.1) is 6.42 Å². The highest BCUT2D eigenvalue weighted by Crippen LogP contribution is 2.28. The quantitative estimate of drug-likeness (QED) is 0.918. The largest absolute Gasteiger partial charge is 0.508 e. The molecule has 0 bridgehead atoms. The van der Waals surface area contributed by atoms with Crippen LogP contribution < -0.4 is 4.90 Å². The molecule has 3 nitrogen and oxygen atoms in total. The molecule has 2 aromatic carbocycles. The molecule has 2 aromatic rings. The highest BCUT2D eigenvalue weighted by atomic mass is 16.3. The molecule has 0 fully saturated rings. The summed E-state index contributed by atoms with van der Waals surface area (Å²) in [7, 11) is 0. The van der Waals surface area contributed by atoms with Crippen molar-refractivity contribution in [3.63, 3.8) is 0 Å². The summed E-state index contributed by atoms with van der Waals surface area (Å²) in [5.41, 5.74) is 4.48. The fourth-order valence-electron chi connectivity index (χ4n) is 2.87. The monoisotopic (exact) mass is 281 g/mol. The molecule has 1 N–H and O–H groups in total. The number of carbonyl (C=O) groups is 1. The van der Waals surface area contributed by atoms with Crippen molar-refractivity contribution in [1.82, 2.24) is 0 Å². The van der Waals surface area contributed by atoms with Crippen molar-refractivity contribution in [3.05, 3.63) is 59.2 Å². The van der Waals surface area contributed by atoms with Crippen LogP contribution in [0.5, 0.6) is 5.75 Å². The number of benzene rings is 2. The number of amides is 1. The fourth-order valence-corrected chi connectivity index (χ4v) is 2.87. The van der Waals surface area contributed by atoms with Crippen molar-refractivity contribution in [3.8, 4) is 5.75 Å². The number of anilines is 1. The van der Waals surface area contributed by atoms with Crippen molar-refractivity contribution in [2.45, 2.75) is 26.2 Å². The second-order valence-electron chi connectivity index (χ2n) is 5.62. The SMILES string of the molecule is Cc1ccc2c(c1)CCCN2C(=O)Cc1ccc(O)cc1. The van der Waals surface area contributed by atoms with Crippen molar-refractivity contribution in [2.75, 3.05) is 11.4 Å². The van der Waals surface area contributed by atoms with E-state index in [4.69, 9.17) is 0 Å². The van der Waals surface area contributed by atoms with Gasteiger partial charge in [0, 0.05) is 12.2 Å². The minimum atomic E-state index is 0.116. The maximum atomic E-state index is 12.6. The molecule has 108 valence electrons. The predicted octanol–water partition coefficient (Wildman–Crippen LogP) is 3.22. The Morgan fingerprint density at radius 2 is 1.95 bits per heavy atom. The molecule has 0 atom stereocenters. The van der Waals surface area contributed by atoms with Crippen LogP contribution in [0, 0.1) is 6.92 Å². The molecule has 1 heterocycles. The lowest BCUT2D eigenvalue weighted by atomic mass is 9.99. The van der Waals surface area contributed by atoms with Gasteiger partial charge in [0.2, 0.25) is 5.91 Å². The van der Waals surface area contributed by atoms with E-state index in [1.807, 2.05) is 4.90 Å². The van der Waals surface area contributed by atoms with Gasteiger partial charge in [-0.15, -0.1) is 0 Å². The maximum Gasteiger partial charge on any atom is 0.231 e. The topological polar surface area (TPSA) is 40.5 Å². The first-order chi connectivity index (χ1) is 10.1. The summed E-state index contributed by atoms with van der Waals surface area (Å²) in [6.07, 6.45) is 2.42. The molecule has 0 aromatic heterocycles. The van der Waals surface area contributed by atoms with Gasteiger partial charge < -0.3 is 10.0 Å². The molecule has 21 heavy (non-hydrogen) atoms. The van der Waals surface area contributed by atoms with Crippen molar-refractivity contribution in [1.29, 1.82) is 0 Å². The summed E-state index contributed by atoms with van der Waals surface area (Å²) in [5, 5.41) is 9.30. The molecule has 1 amide bonds. The predicted molar refractivity (Wildman–Crippen MR) is 83.7 cm³/mol. The average Bonchev–Trinajstić information content (AvgIpc) is 2.48. The minimum Gasteiger partial charge on any atom is -0.508 e. The summed E-state index contributed by atoms with van der Waals surface area (Å²) in [5.74, 6) is 0.343. The minimum absolute atomic E-state index is 0.116. The lowest BCUT2D eigenvalue weighted by Crippen LogP contribution is -2.36. The van der Waals surface area contributed by atoms with Gasteiger partial charge in [-0.25, -0.2) is 0 Å². The summed E-state index contributed by atoms with van der Waals surface area (Å²) in [6, 6.07) is 13.1. The second-order valence-corrected chi connectivity index (χ2v) is 5.62. The third-order valence-electron chi connectivity index (χ3n) is 3.95. The Kier molecular flexibility index (Phi) is 3.65. The molecule has 0 unspecified atom stereocenters. The van der Waals surface area contributed by atoms with Crippen LogP contribution in [-0.4, -0.2) is 17.6 Å². The molecule has 1 aliphatic heterocycles. The standard InChI is InChI=1S/C18H19NO2/c1-13-4-9-17-15(11-13)3-2-10-19(17)18(21)12-14-5-7-16(20)8-6-14/h4-9,11,20H,2-3,10,12H2,1H3. The Balaban J connectivity index is 1.81. The molecule has 0 radical (unpaired) electrons. The zero-order chi connectivity index (χ0) is 14.8. The number of nitrogens with zero attached hydrogens (tertiary/aromatic N) is 1. The first-order valence-corrected chi connectivity index (χ1v) is 7.31. The maximum absolute atomic E-state index is 12.6. The number of hydrogen-bond donors (Lipinski definition) is 1. The van der Waals surface area contributed by atoms with E-state index in [1.165, 1.54) is 11.1 Å². The number of hydrogen-bond acceptors (Lipinski definition) is 2. The fraction of sp³-hybridized carbons (Fsp3) is 0.278. The normalized spacial score (nSPS) is 13.9. The third kappa shape index (κ3) is 2.92. The van der Waals surface area contributed by atoms with Crippen LogP contribution in [0.1, 0.15) is 23.1 Å². The van der Waals surface area contributed by atoms with E-state index in [-0.39, 0.29) is 11.7 Å². The highest BCUT2D eigenvalue weighted by molar-refractivity contribution is 5.96. The van der Waals surface area contributed by atoms with Crippen molar-refractivity contribution in [2.24, 2.45) is 0 Å². The van der Waals surface area contributed by atoms with E-state index in [1.54, 1.807) is 24.3 Å². The van der Waals surface area contributed by atoms with Gasteiger partial charge >= 0.3 is 0 Å². The smallest absolute Gasteiger partial charge is 0.231 e. The van der Waals surface area contributed by atoms with E-state index < -0.39 is 0 Å². The number of phenolic OH excluding ortho intramolecular Hbond substituents is 1. The van der Waals surface area contributed by atoms with E-state index in [2.05, 4.69) is 25.1 Å². The lowest BCUT2D eigenvalue weighted by Gasteiger charge is -2.30. The number of fused-ring (bicyclic) bond motifs is 1. The van der Waals surface area contributed by atoms with Crippen LogP contribution >= 0.6 is 0 Å². The molecule has 0 spiro atoms. The Morgan fingerprint density at radius 3 is 2.71 bits per heavy atom. The molecule has 0 saturated carbocycles. The Bertz CT molecular complexity index is 661. The molecular weight excluding hydrogens is 262 g/mol. The van der Waals surface area contributed by atoms with E-state index in [9.17, 15) is 9.90 Å². The molecule has 1 aliphatic rings. The molecule has 3 rings (SSSR count). The number of rotatable bonds is 2. The molecular formula is C18H19NO2. The van der Waals surface area contributed by atoms with Gasteiger partial charge in [0.15, 0.2) is 0 Å². The Morgan fingerprint density at radius 1 is 1.19 bits per heavy atom. The summed E-state index contributed by atoms with van der Waals surface area (Å²) in [4.78, 5) is 14.5. The van der Waals surface area contributed by atoms with Crippen LogP contribution in [0.15, 0.2) is 42.5 Å². The average molecular weight is 281 g/mol. The van der Waals surface area contributed by atoms with E-state index >= 15 is 0 Å². The summed E-state index contributed by atoms with van der Waals surface area (Å²) < 4.78 is 0. The van der Waals surface area contributed by atoms with Crippen LogP contribution in [0.25, 0.3) is 0 Å². The number of phenols is 1. The first-order valence-electron chi connectivity index (χ1n) is 7.31. The second kappa shape index (κ2) is 5.60. The van der Waals surface area contributed by atoms with Crippen LogP contribution in [0.4, 0.5) is 5.69 Å². The number of carbonyl (C=O) groups excluding carboxylic acids is 1. The van der Waals surface area contributed by atoms with Gasteiger partial charge in [-0.3, -0.25) is 4.79 Å². The number of aryl methyl sites for hydroxylation is 2. The molecule has 0 aliphatic carbocycles. The van der Waals surface area contributed by atoms with E-state index in [0.29, 0.717) is 6.42 Å². The Hall–Kier alpha value is -2.29. The Labute approximate surface area is 124 Å². The van der Waals surface area contributed by atoms with Crippen LogP contribution in [-0.2, 0) is 17.6 Å². The van der Waals surface area contributed by atoms with Crippen LogP contribution in [0.3, 0.4) is 0 Å². The molecule has 0 saturated heterocycles. The van der Waals surface area contributed by atoms with Crippen molar-refractivity contribution < 1.29 is 9.90 Å². The van der Waals surface area contributed by atoms with Gasteiger partial charge in [-0.2, -0.15) is 0 Å². The molecule has 3 heteroatoms. The highest BCUT2D eigenvalue weighted by Gasteiger charge is 2.22. The zero-order valence-electron chi connectivity index (χ0n) is 12.2. The van der Waals surface area contributed by atoms with Gasteiger partial charge in [0.1, 0.15) is 5.75 Å². The third-order valence-corrected chi connectivity index (χ3v) is 3.95. The number of aromatic hydroxyl groups is 1. The zero-order valence-corrected chi connectivity index (χ0v) is 12.2.